The lowest BCUT2D eigenvalue weighted by atomic mass is 9.87. The molecule has 0 amide bonds. The van der Waals surface area contributed by atoms with Crippen LogP contribution in [0.15, 0.2) is 48.7 Å². The van der Waals surface area contributed by atoms with Crippen LogP contribution in [0.5, 0.6) is 0 Å². The van der Waals surface area contributed by atoms with Gasteiger partial charge < -0.3 is 0 Å². The summed E-state index contributed by atoms with van der Waals surface area (Å²) in [6.07, 6.45) is 2.07. The summed E-state index contributed by atoms with van der Waals surface area (Å²) in [5, 5.41) is 0. The lowest BCUT2D eigenvalue weighted by Gasteiger charge is -2.19. The highest BCUT2D eigenvalue weighted by molar-refractivity contribution is 7.92. The monoisotopic (exact) mass is 318 g/mol. The molecule has 0 fully saturated rings. The number of pyridine rings is 1. The summed E-state index contributed by atoms with van der Waals surface area (Å²) in [6.45, 7) is 6.37. The zero-order valence-electron chi connectivity index (χ0n) is 13.2. The minimum Gasteiger partial charge on any atom is -0.284 e. The van der Waals surface area contributed by atoms with Crippen molar-refractivity contribution in [2.75, 3.05) is 10.5 Å². The maximum atomic E-state index is 12.1. The van der Waals surface area contributed by atoms with Crippen LogP contribution in [-0.2, 0) is 21.9 Å². The van der Waals surface area contributed by atoms with Crippen LogP contribution in [0.2, 0.25) is 0 Å². The molecule has 0 bridgehead atoms. The van der Waals surface area contributed by atoms with Crippen LogP contribution in [0.1, 0.15) is 32.0 Å². The van der Waals surface area contributed by atoms with Crippen LogP contribution in [0.4, 0.5) is 5.69 Å². The maximum Gasteiger partial charge on any atom is 0.233 e. The fraction of sp³-hybridized carbons (Fsp3) is 0.353. The lowest BCUT2D eigenvalue weighted by molar-refractivity contribution is 0.590. The molecular formula is C17H22N2O2S. The number of benzene rings is 1. The second-order valence-electron chi connectivity index (χ2n) is 6.32. The standard InChI is InChI=1S/C17H22N2O2S/c1-17(2,3)14-7-9-16(10-8-14)19-22(20,21)13-11-15-6-4-5-12-18-15/h4-10,12,19H,11,13H2,1-3H3. The number of hydrogen-bond donors (Lipinski definition) is 1. The van der Waals surface area contributed by atoms with E-state index in [0.717, 1.165) is 5.69 Å². The molecule has 118 valence electrons. The molecule has 0 atom stereocenters. The van der Waals surface area contributed by atoms with E-state index in [4.69, 9.17) is 0 Å². The number of nitrogens with zero attached hydrogens (tertiary/aromatic N) is 1. The van der Waals surface area contributed by atoms with Crippen LogP contribution in [0, 0.1) is 0 Å². The number of rotatable bonds is 5. The lowest BCUT2D eigenvalue weighted by Crippen LogP contribution is -2.18. The summed E-state index contributed by atoms with van der Waals surface area (Å²) in [5.74, 6) is 0.0189. The molecule has 0 aliphatic heterocycles. The van der Waals surface area contributed by atoms with Crippen molar-refractivity contribution >= 4 is 15.7 Å². The Morgan fingerprint density at radius 2 is 1.73 bits per heavy atom. The van der Waals surface area contributed by atoms with E-state index in [0.29, 0.717) is 12.1 Å². The molecular weight excluding hydrogens is 296 g/mol. The Morgan fingerprint density at radius 3 is 2.27 bits per heavy atom. The molecule has 2 rings (SSSR count). The van der Waals surface area contributed by atoms with Crippen LogP contribution < -0.4 is 4.72 Å². The molecule has 0 radical (unpaired) electrons. The van der Waals surface area contributed by atoms with Gasteiger partial charge in [-0.25, -0.2) is 8.42 Å². The zero-order chi connectivity index (χ0) is 16.2. The smallest absolute Gasteiger partial charge is 0.233 e. The van der Waals surface area contributed by atoms with E-state index < -0.39 is 10.0 Å². The van der Waals surface area contributed by atoms with E-state index in [-0.39, 0.29) is 11.2 Å². The first-order valence-corrected chi connectivity index (χ1v) is 8.92. The van der Waals surface area contributed by atoms with Gasteiger partial charge in [0.2, 0.25) is 10.0 Å². The Bertz CT molecular complexity index is 703. The van der Waals surface area contributed by atoms with Crippen molar-refractivity contribution in [1.82, 2.24) is 4.98 Å². The number of aromatic nitrogens is 1. The van der Waals surface area contributed by atoms with Gasteiger partial charge in [0.15, 0.2) is 0 Å². The number of aryl methyl sites for hydroxylation is 1. The fourth-order valence-electron chi connectivity index (χ4n) is 2.05. The van der Waals surface area contributed by atoms with E-state index in [9.17, 15) is 8.42 Å². The van der Waals surface area contributed by atoms with Crippen LogP contribution in [-0.4, -0.2) is 19.2 Å². The topological polar surface area (TPSA) is 59.1 Å². The highest BCUT2D eigenvalue weighted by Gasteiger charge is 2.15. The van der Waals surface area contributed by atoms with Crippen LogP contribution >= 0.6 is 0 Å². The van der Waals surface area contributed by atoms with Crippen LogP contribution in [0.25, 0.3) is 0 Å². The first-order valence-electron chi connectivity index (χ1n) is 7.27. The van der Waals surface area contributed by atoms with Gasteiger partial charge in [-0.15, -0.1) is 0 Å². The molecule has 1 aromatic heterocycles. The zero-order valence-corrected chi connectivity index (χ0v) is 14.0. The molecule has 0 aliphatic rings. The van der Waals surface area contributed by atoms with Crippen molar-refractivity contribution in [2.45, 2.75) is 32.6 Å². The normalized spacial score (nSPS) is 12.1. The van der Waals surface area contributed by atoms with E-state index in [1.165, 1.54) is 5.56 Å². The first-order chi connectivity index (χ1) is 10.3. The molecule has 0 spiro atoms. The Morgan fingerprint density at radius 1 is 1.05 bits per heavy atom. The summed E-state index contributed by atoms with van der Waals surface area (Å²) < 4.78 is 26.8. The second kappa shape index (κ2) is 6.48. The summed E-state index contributed by atoms with van der Waals surface area (Å²) in [6, 6.07) is 13.0. The van der Waals surface area contributed by atoms with Crippen molar-refractivity contribution in [2.24, 2.45) is 0 Å². The number of anilines is 1. The Kier molecular flexibility index (Phi) is 4.86. The molecule has 1 aromatic carbocycles. The van der Waals surface area contributed by atoms with Crippen molar-refractivity contribution in [3.63, 3.8) is 0 Å². The van der Waals surface area contributed by atoms with Crippen LogP contribution in [0.3, 0.4) is 0 Å². The van der Waals surface area contributed by atoms with Gasteiger partial charge in [0.05, 0.1) is 5.75 Å². The summed E-state index contributed by atoms with van der Waals surface area (Å²) in [7, 11) is -3.37. The van der Waals surface area contributed by atoms with Gasteiger partial charge in [-0.3, -0.25) is 9.71 Å². The SMILES string of the molecule is CC(C)(C)c1ccc(NS(=O)(=O)CCc2ccccn2)cc1. The average Bonchev–Trinajstić information content (AvgIpc) is 2.46. The molecule has 5 heteroatoms. The third-order valence-corrected chi connectivity index (χ3v) is 4.67. The third-order valence-electron chi connectivity index (χ3n) is 3.38. The minimum atomic E-state index is -3.37. The molecule has 4 nitrogen and oxygen atoms in total. The van der Waals surface area contributed by atoms with Gasteiger partial charge in [-0.2, -0.15) is 0 Å². The van der Waals surface area contributed by atoms with Gasteiger partial charge in [0, 0.05) is 24.0 Å². The molecule has 0 unspecified atom stereocenters. The minimum absolute atomic E-state index is 0.0189. The number of sulfonamides is 1. The average molecular weight is 318 g/mol. The van der Waals surface area contributed by atoms with E-state index >= 15 is 0 Å². The third kappa shape index (κ3) is 4.84. The number of nitrogens with one attached hydrogen (secondary N) is 1. The first kappa shape index (κ1) is 16.5. The van der Waals surface area contributed by atoms with E-state index in [1.807, 2.05) is 30.3 Å². The van der Waals surface area contributed by atoms with Crippen molar-refractivity contribution in [3.05, 3.63) is 59.9 Å². The van der Waals surface area contributed by atoms with Crippen molar-refractivity contribution in [1.29, 1.82) is 0 Å². The van der Waals surface area contributed by atoms with Gasteiger partial charge >= 0.3 is 0 Å². The molecule has 0 aliphatic carbocycles. The summed E-state index contributed by atoms with van der Waals surface area (Å²) in [4.78, 5) is 4.14. The highest BCUT2D eigenvalue weighted by atomic mass is 32.2. The van der Waals surface area contributed by atoms with Gasteiger partial charge in [-0.1, -0.05) is 39.0 Å². The van der Waals surface area contributed by atoms with Gasteiger partial charge in [0.1, 0.15) is 0 Å². The Labute approximate surface area is 132 Å². The molecule has 22 heavy (non-hydrogen) atoms. The molecule has 1 heterocycles. The van der Waals surface area contributed by atoms with E-state index in [1.54, 1.807) is 18.3 Å². The summed E-state index contributed by atoms with van der Waals surface area (Å²) >= 11 is 0. The van der Waals surface area contributed by atoms with Gasteiger partial charge in [0.25, 0.3) is 0 Å². The molecule has 0 saturated heterocycles. The quantitative estimate of drug-likeness (QED) is 0.919. The number of hydrogen-bond acceptors (Lipinski definition) is 3. The second-order valence-corrected chi connectivity index (χ2v) is 8.16. The Balaban J connectivity index is 2.00. The Hall–Kier alpha value is -1.88. The van der Waals surface area contributed by atoms with Gasteiger partial charge in [-0.05, 0) is 35.2 Å². The maximum absolute atomic E-state index is 12.1. The largest absolute Gasteiger partial charge is 0.284 e. The predicted octanol–water partition coefficient (Wildman–Crippen LogP) is 3.36. The van der Waals surface area contributed by atoms with Crippen molar-refractivity contribution < 1.29 is 8.42 Å². The highest BCUT2D eigenvalue weighted by Crippen LogP contribution is 2.23. The summed E-state index contributed by atoms with van der Waals surface area (Å²) in [5.41, 5.74) is 2.59. The van der Waals surface area contributed by atoms with E-state index in [2.05, 4.69) is 30.5 Å². The predicted molar refractivity (Wildman–Crippen MR) is 90.5 cm³/mol. The molecule has 2 aromatic rings. The molecule has 1 N–H and O–H groups in total. The molecule has 0 saturated carbocycles. The van der Waals surface area contributed by atoms with Crippen molar-refractivity contribution in [3.8, 4) is 0 Å². The fourth-order valence-corrected chi connectivity index (χ4v) is 3.13.